The maximum Gasteiger partial charge on any atom is 0.155 e. The Labute approximate surface area is 145 Å². The van der Waals surface area contributed by atoms with E-state index in [9.17, 15) is 9.59 Å². The lowest BCUT2D eigenvalue weighted by atomic mass is 9.47. The van der Waals surface area contributed by atoms with Gasteiger partial charge in [0.15, 0.2) is 5.78 Å². The average molecular weight is 326 g/mol. The number of hydrogen-bond acceptors (Lipinski definition) is 2. The van der Waals surface area contributed by atoms with Gasteiger partial charge in [0.2, 0.25) is 0 Å². The lowest BCUT2D eigenvalue weighted by Crippen LogP contribution is -2.49. The standard InChI is InChI=1S/C22H30O2/c1-14(13-23)18-6-7-19-17-5-4-15-12-16(24)8-10-21(15,2)20(17)9-11-22(18,19)3/h12-13,17,19-20H,4-11H2,1-3H3/b18-14-/t17-,19-,20-,21-,22-/m1/s1. The summed E-state index contributed by atoms with van der Waals surface area (Å²) in [6.45, 7) is 6.88. The van der Waals surface area contributed by atoms with Gasteiger partial charge in [-0.3, -0.25) is 9.59 Å². The van der Waals surface area contributed by atoms with E-state index in [0.29, 0.717) is 5.78 Å². The normalized spacial score (nSPS) is 46.5. The lowest BCUT2D eigenvalue weighted by molar-refractivity contribution is -0.117. The van der Waals surface area contributed by atoms with Crippen molar-refractivity contribution in [2.75, 3.05) is 0 Å². The molecule has 0 aliphatic heterocycles. The molecule has 3 saturated carbocycles. The molecule has 2 heteroatoms. The Bertz CT molecular complexity index is 655. The molecule has 0 amide bonds. The Kier molecular flexibility index (Phi) is 3.67. The summed E-state index contributed by atoms with van der Waals surface area (Å²) in [6.07, 6.45) is 12.1. The lowest BCUT2D eigenvalue weighted by Gasteiger charge is -2.57. The Morgan fingerprint density at radius 1 is 1.04 bits per heavy atom. The van der Waals surface area contributed by atoms with Crippen molar-refractivity contribution in [3.8, 4) is 0 Å². The van der Waals surface area contributed by atoms with Crippen LogP contribution in [0.1, 0.15) is 72.1 Å². The molecule has 0 spiro atoms. The van der Waals surface area contributed by atoms with E-state index in [-0.39, 0.29) is 10.8 Å². The van der Waals surface area contributed by atoms with Gasteiger partial charge in [-0.25, -0.2) is 0 Å². The molecule has 0 aromatic heterocycles. The molecule has 0 radical (unpaired) electrons. The number of hydrogen-bond donors (Lipinski definition) is 0. The highest BCUT2D eigenvalue weighted by atomic mass is 16.1. The van der Waals surface area contributed by atoms with Gasteiger partial charge in [0.1, 0.15) is 6.29 Å². The van der Waals surface area contributed by atoms with Crippen LogP contribution in [0.5, 0.6) is 0 Å². The average Bonchev–Trinajstić information content (AvgIpc) is 2.92. The van der Waals surface area contributed by atoms with E-state index >= 15 is 0 Å². The number of rotatable bonds is 1. The van der Waals surface area contributed by atoms with E-state index in [2.05, 4.69) is 13.8 Å². The van der Waals surface area contributed by atoms with Crippen molar-refractivity contribution in [2.24, 2.45) is 28.6 Å². The van der Waals surface area contributed by atoms with Crippen molar-refractivity contribution < 1.29 is 9.59 Å². The fraction of sp³-hybridized carbons (Fsp3) is 0.727. The van der Waals surface area contributed by atoms with E-state index in [4.69, 9.17) is 0 Å². The van der Waals surface area contributed by atoms with Crippen LogP contribution in [-0.2, 0) is 9.59 Å². The van der Waals surface area contributed by atoms with Crippen LogP contribution >= 0.6 is 0 Å². The number of allylic oxidation sites excluding steroid dienone is 3. The Balaban J connectivity index is 1.70. The number of fused-ring (bicyclic) bond motifs is 5. The molecular formula is C22H30O2. The van der Waals surface area contributed by atoms with Crippen LogP contribution < -0.4 is 0 Å². The fourth-order valence-electron chi connectivity index (χ4n) is 7.09. The van der Waals surface area contributed by atoms with Crippen LogP contribution in [0.3, 0.4) is 0 Å². The zero-order valence-electron chi connectivity index (χ0n) is 15.4. The third kappa shape index (κ3) is 2.07. The van der Waals surface area contributed by atoms with Gasteiger partial charge in [-0.2, -0.15) is 0 Å². The van der Waals surface area contributed by atoms with Crippen molar-refractivity contribution in [2.45, 2.75) is 72.1 Å². The second-order valence-corrected chi connectivity index (χ2v) is 9.24. The third-order valence-electron chi connectivity index (χ3n) is 8.40. The third-order valence-corrected chi connectivity index (χ3v) is 8.40. The Morgan fingerprint density at radius 2 is 1.79 bits per heavy atom. The van der Waals surface area contributed by atoms with Gasteiger partial charge in [0.25, 0.3) is 0 Å². The van der Waals surface area contributed by atoms with Gasteiger partial charge in [-0.05, 0) is 92.1 Å². The first kappa shape index (κ1) is 16.3. The molecule has 130 valence electrons. The molecule has 0 unspecified atom stereocenters. The number of ketones is 1. The SMILES string of the molecule is C/C(C=O)=C1\CC[C@@H]2[C@H]3CCC4=CC(=O)CC[C@@]4(C)[C@@H]3CC[C@]12C. The van der Waals surface area contributed by atoms with Crippen molar-refractivity contribution >= 4 is 12.1 Å². The van der Waals surface area contributed by atoms with E-state index in [1.165, 1.54) is 36.8 Å². The maximum absolute atomic E-state index is 11.9. The first-order valence-corrected chi connectivity index (χ1v) is 9.79. The molecule has 2 nitrogen and oxygen atoms in total. The molecule has 0 heterocycles. The summed E-state index contributed by atoms with van der Waals surface area (Å²) < 4.78 is 0. The van der Waals surface area contributed by atoms with Crippen LogP contribution in [0.4, 0.5) is 0 Å². The van der Waals surface area contributed by atoms with Crippen LogP contribution in [0.2, 0.25) is 0 Å². The minimum absolute atomic E-state index is 0.244. The summed E-state index contributed by atoms with van der Waals surface area (Å²) >= 11 is 0. The molecule has 4 aliphatic carbocycles. The highest BCUT2D eigenvalue weighted by molar-refractivity contribution is 5.91. The summed E-state index contributed by atoms with van der Waals surface area (Å²) in [4.78, 5) is 23.3. The number of carbonyl (C=O) groups is 2. The van der Waals surface area contributed by atoms with Crippen molar-refractivity contribution in [1.29, 1.82) is 0 Å². The molecule has 5 atom stereocenters. The molecule has 0 saturated heterocycles. The quantitative estimate of drug-likeness (QED) is 0.500. The molecule has 4 aliphatic rings. The molecule has 0 aromatic carbocycles. The molecule has 0 aromatic rings. The molecule has 4 rings (SSSR count). The largest absolute Gasteiger partial charge is 0.298 e. The topological polar surface area (TPSA) is 34.1 Å². The van der Waals surface area contributed by atoms with Gasteiger partial charge in [0.05, 0.1) is 0 Å². The summed E-state index contributed by atoms with van der Waals surface area (Å²) in [5, 5.41) is 0. The monoisotopic (exact) mass is 326 g/mol. The second kappa shape index (κ2) is 5.41. The molecule has 0 N–H and O–H groups in total. The Hall–Kier alpha value is -1.18. The molecule has 0 bridgehead atoms. The van der Waals surface area contributed by atoms with E-state index in [0.717, 1.165) is 55.3 Å². The van der Waals surface area contributed by atoms with Gasteiger partial charge < -0.3 is 0 Å². The smallest absolute Gasteiger partial charge is 0.155 e. The highest BCUT2D eigenvalue weighted by Gasteiger charge is 2.57. The summed E-state index contributed by atoms with van der Waals surface area (Å²) in [6, 6.07) is 0. The van der Waals surface area contributed by atoms with Gasteiger partial charge in [-0.1, -0.05) is 25.0 Å². The molecule has 3 fully saturated rings. The first-order chi connectivity index (χ1) is 11.4. The van der Waals surface area contributed by atoms with E-state index < -0.39 is 0 Å². The zero-order chi connectivity index (χ0) is 17.1. The van der Waals surface area contributed by atoms with Crippen LogP contribution in [-0.4, -0.2) is 12.1 Å². The van der Waals surface area contributed by atoms with Crippen LogP contribution in [0.15, 0.2) is 22.8 Å². The van der Waals surface area contributed by atoms with Gasteiger partial charge in [0, 0.05) is 6.42 Å². The van der Waals surface area contributed by atoms with E-state index in [1.807, 2.05) is 13.0 Å². The number of carbonyl (C=O) groups excluding carboxylic acids is 2. The van der Waals surface area contributed by atoms with Crippen LogP contribution in [0, 0.1) is 28.6 Å². The predicted molar refractivity (Wildman–Crippen MR) is 95.5 cm³/mol. The summed E-state index contributed by atoms with van der Waals surface area (Å²) in [5.41, 5.74) is 4.38. The summed E-state index contributed by atoms with van der Waals surface area (Å²) in [5.74, 6) is 2.59. The molecular weight excluding hydrogens is 296 g/mol. The fourth-order valence-corrected chi connectivity index (χ4v) is 7.09. The number of aldehydes is 1. The minimum atomic E-state index is 0.244. The second-order valence-electron chi connectivity index (χ2n) is 9.24. The van der Waals surface area contributed by atoms with Crippen molar-refractivity contribution in [1.82, 2.24) is 0 Å². The van der Waals surface area contributed by atoms with Gasteiger partial charge in [-0.15, -0.1) is 0 Å². The minimum Gasteiger partial charge on any atom is -0.298 e. The van der Waals surface area contributed by atoms with E-state index in [1.54, 1.807) is 0 Å². The first-order valence-electron chi connectivity index (χ1n) is 9.79. The maximum atomic E-state index is 11.9. The molecule has 24 heavy (non-hydrogen) atoms. The predicted octanol–water partition coefficient (Wildman–Crippen LogP) is 5.03. The summed E-state index contributed by atoms with van der Waals surface area (Å²) in [7, 11) is 0. The van der Waals surface area contributed by atoms with Gasteiger partial charge >= 0.3 is 0 Å². The van der Waals surface area contributed by atoms with Crippen molar-refractivity contribution in [3.63, 3.8) is 0 Å². The highest BCUT2D eigenvalue weighted by Crippen LogP contribution is 2.66. The Morgan fingerprint density at radius 3 is 2.54 bits per heavy atom. The van der Waals surface area contributed by atoms with Crippen molar-refractivity contribution in [3.05, 3.63) is 22.8 Å². The zero-order valence-corrected chi connectivity index (χ0v) is 15.4. The van der Waals surface area contributed by atoms with Crippen LogP contribution in [0.25, 0.3) is 0 Å².